The van der Waals surface area contributed by atoms with E-state index in [0.29, 0.717) is 10.8 Å². The smallest absolute Gasteiger partial charge is 0.263 e. The zero-order valence-electron chi connectivity index (χ0n) is 32.3. The molecule has 284 valence electrons. The minimum atomic E-state index is 0.00153. The third-order valence-electron chi connectivity index (χ3n) is 11.6. The van der Waals surface area contributed by atoms with Crippen LogP contribution in [0.4, 0.5) is 0 Å². The minimum Gasteiger partial charge on any atom is -0.317 e. The van der Waals surface area contributed by atoms with Crippen molar-refractivity contribution in [1.82, 2.24) is 19.4 Å². The molecule has 2 N–H and O–H groups in total. The van der Waals surface area contributed by atoms with E-state index in [1.54, 1.807) is 0 Å². The van der Waals surface area contributed by atoms with Crippen molar-refractivity contribution in [3.63, 3.8) is 0 Å². The lowest BCUT2D eigenvalue weighted by Crippen LogP contribution is -2.17. The number of aryl methyl sites for hydroxylation is 2. The van der Waals surface area contributed by atoms with Gasteiger partial charge in [0, 0.05) is 42.1 Å². The number of hydrogen-bond donors (Lipinski definition) is 2. The molecule has 0 saturated carbocycles. The highest BCUT2D eigenvalue weighted by Crippen LogP contribution is 2.40. The molecule has 0 unspecified atom stereocenters. The predicted molar refractivity (Wildman–Crippen MR) is 236 cm³/mol. The molecule has 0 aliphatic rings. The number of nitrogens with zero attached hydrogens (tertiary/aromatic N) is 2. The summed E-state index contributed by atoms with van der Waals surface area (Å²) in [4.78, 5) is 31.2. The van der Waals surface area contributed by atoms with E-state index in [9.17, 15) is 9.59 Å². The van der Waals surface area contributed by atoms with Crippen LogP contribution in [0.5, 0.6) is 0 Å². The Bertz CT molecular complexity index is 2430. The van der Waals surface area contributed by atoms with Crippen LogP contribution in [-0.4, -0.2) is 35.0 Å². The van der Waals surface area contributed by atoms with Crippen molar-refractivity contribution in [3.05, 3.63) is 79.0 Å². The Morgan fingerprint density at radius 1 is 0.463 bits per heavy atom. The van der Waals surface area contributed by atoms with Gasteiger partial charge in [0.15, 0.2) is 0 Å². The lowest BCUT2D eigenvalue weighted by Gasteiger charge is -2.13. The van der Waals surface area contributed by atoms with E-state index < -0.39 is 0 Å². The second kappa shape index (κ2) is 17.1. The molecule has 0 aliphatic carbocycles. The SMILES string of the molecule is CCCCCCCCNCCCc1cc2c(cc3c4ccc5c6c(ccc(c(=O)n23)c46)c(=O)n2c3cc(CCCNCCCCCCCC)sc3cc52)s1. The molecule has 6 heterocycles. The molecular weight excluding hydrogens is 705 g/mol. The van der Waals surface area contributed by atoms with E-state index in [4.69, 9.17) is 0 Å². The van der Waals surface area contributed by atoms with Gasteiger partial charge in [0.2, 0.25) is 0 Å². The van der Waals surface area contributed by atoms with E-state index in [1.165, 1.54) is 86.8 Å². The van der Waals surface area contributed by atoms with Crippen LogP contribution in [0.3, 0.4) is 0 Å². The van der Waals surface area contributed by atoms with Gasteiger partial charge in [-0.05, 0) is 101 Å². The summed E-state index contributed by atoms with van der Waals surface area (Å²) < 4.78 is 6.14. The summed E-state index contributed by atoms with van der Waals surface area (Å²) in [5, 5.41) is 12.5. The van der Waals surface area contributed by atoms with Gasteiger partial charge in [-0.1, -0.05) is 90.2 Å². The fourth-order valence-corrected chi connectivity index (χ4v) is 11.0. The third-order valence-corrected chi connectivity index (χ3v) is 13.9. The maximum absolute atomic E-state index is 14.3. The van der Waals surface area contributed by atoms with Gasteiger partial charge in [-0.2, -0.15) is 0 Å². The highest BCUT2D eigenvalue weighted by atomic mass is 32.1. The Labute approximate surface area is 326 Å². The van der Waals surface area contributed by atoms with Crippen molar-refractivity contribution in [2.75, 3.05) is 26.2 Å². The molecule has 0 aliphatic heterocycles. The van der Waals surface area contributed by atoms with E-state index in [0.717, 1.165) is 105 Å². The van der Waals surface area contributed by atoms with Crippen LogP contribution in [0.1, 0.15) is 113 Å². The Kier molecular flexibility index (Phi) is 11.8. The Morgan fingerprint density at radius 2 is 0.852 bits per heavy atom. The van der Waals surface area contributed by atoms with Gasteiger partial charge >= 0.3 is 0 Å². The Balaban J connectivity index is 1.000. The number of benzene rings is 2. The summed E-state index contributed by atoms with van der Waals surface area (Å²) in [6.07, 6.45) is 20.1. The van der Waals surface area contributed by atoms with Crippen molar-refractivity contribution in [1.29, 1.82) is 0 Å². The van der Waals surface area contributed by atoms with Gasteiger partial charge in [0.25, 0.3) is 11.1 Å². The molecule has 6 nitrogen and oxygen atoms in total. The number of pyridine rings is 2. The first-order valence-corrected chi connectivity index (χ1v) is 22.6. The van der Waals surface area contributed by atoms with Crippen molar-refractivity contribution in [3.8, 4) is 0 Å². The molecule has 8 heteroatoms. The molecule has 0 saturated heterocycles. The van der Waals surface area contributed by atoms with Crippen molar-refractivity contribution in [2.24, 2.45) is 0 Å². The van der Waals surface area contributed by atoms with E-state index in [-0.39, 0.29) is 11.1 Å². The summed E-state index contributed by atoms with van der Waals surface area (Å²) in [5.41, 5.74) is 3.88. The van der Waals surface area contributed by atoms with Crippen LogP contribution in [0.25, 0.3) is 63.8 Å². The second-order valence-electron chi connectivity index (χ2n) is 15.6. The summed E-state index contributed by atoms with van der Waals surface area (Å²) in [6.45, 7) is 8.79. The van der Waals surface area contributed by atoms with Crippen LogP contribution >= 0.6 is 22.7 Å². The molecule has 54 heavy (non-hydrogen) atoms. The normalized spacial score (nSPS) is 12.6. The third kappa shape index (κ3) is 7.27. The molecule has 0 fully saturated rings. The number of thiophene rings is 2. The molecule has 0 atom stereocenters. The fourth-order valence-electron chi connectivity index (χ4n) is 8.77. The number of hydrogen-bond acceptors (Lipinski definition) is 6. The fraction of sp³-hybridized carbons (Fsp3) is 0.478. The molecule has 0 spiro atoms. The first-order valence-electron chi connectivity index (χ1n) is 21.0. The molecule has 0 bridgehead atoms. The van der Waals surface area contributed by atoms with Gasteiger partial charge in [-0.3, -0.25) is 18.4 Å². The number of rotatable bonds is 22. The Hall–Kier alpha value is -3.56. The monoisotopic (exact) mass is 760 g/mol. The first-order chi connectivity index (χ1) is 26.6. The van der Waals surface area contributed by atoms with Crippen molar-refractivity contribution >= 4 is 86.5 Å². The summed E-state index contributed by atoms with van der Waals surface area (Å²) in [7, 11) is 0. The molecule has 8 rings (SSSR count). The maximum Gasteiger partial charge on any atom is 0.263 e. The number of unbranched alkanes of at least 4 members (excludes halogenated alkanes) is 10. The Morgan fingerprint density at radius 3 is 1.30 bits per heavy atom. The molecule has 8 aromatic rings. The quantitative estimate of drug-likeness (QED) is 0.0533. The molecule has 6 aromatic heterocycles. The van der Waals surface area contributed by atoms with E-state index >= 15 is 0 Å². The van der Waals surface area contributed by atoms with Gasteiger partial charge in [0.1, 0.15) is 0 Å². The average Bonchev–Trinajstić information content (AvgIpc) is 3.94. The number of aromatic nitrogens is 2. The molecule has 0 amide bonds. The lowest BCUT2D eigenvalue weighted by molar-refractivity contribution is 0.565. The minimum absolute atomic E-state index is 0.00153. The standard InChI is InChI=1S/C46H56N4O2S2/c1-3-5-7-9-11-13-23-47-25-15-17-31-27-39-41(53-31)29-37-33-19-20-34-38-30-42-40(28-32(54-42)18-16-26-48-24-14-12-10-8-6-4-2)50(38)46(52)36-22-21-35(43(33)44(34)36)45(51)49(37)39/h19-22,27-30,47-48H,3-18,23-26H2,1-2H3. The zero-order valence-corrected chi connectivity index (χ0v) is 33.9. The summed E-state index contributed by atoms with van der Waals surface area (Å²) >= 11 is 3.62. The van der Waals surface area contributed by atoms with Crippen LogP contribution in [0.15, 0.2) is 58.1 Å². The predicted octanol–water partition coefficient (Wildman–Crippen LogP) is 11.4. The molecular formula is C46H56N4O2S2. The van der Waals surface area contributed by atoms with Crippen LogP contribution in [0.2, 0.25) is 0 Å². The van der Waals surface area contributed by atoms with Gasteiger partial charge < -0.3 is 10.6 Å². The first kappa shape index (κ1) is 37.4. The summed E-state index contributed by atoms with van der Waals surface area (Å²) in [5.74, 6) is 0. The van der Waals surface area contributed by atoms with Crippen LogP contribution in [0, 0.1) is 0 Å². The maximum atomic E-state index is 14.3. The largest absolute Gasteiger partial charge is 0.317 e. The zero-order chi connectivity index (χ0) is 37.0. The highest BCUT2D eigenvalue weighted by Gasteiger charge is 2.22. The molecule has 0 radical (unpaired) electrons. The van der Waals surface area contributed by atoms with Crippen LogP contribution in [-0.2, 0) is 12.8 Å². The van der Waals surface area contributed by atoms with Crippen LogP contribution < -0.4 is 21.8 Å². The number of fused-ring (bicyclic) bond motifs is 8. The number of nitrogens with one attached hydrogen (secondary N) is 2. The average molecular weight is 761 g/mol. The van der Waals surface area contributed by atoms with Gasteiger partial charge in [-0.25, -0.2) is 0 Å². The van der Waals surface area contributed by atoms with Crippen molar-refractivity contribution < 1.29 is 0 Å². The van der Waals surface area contributed by atoms with Gasteiger partial charge in [-0.15, -0.1) is 22.7 Å². The van der Waals surface area contributed by atoms with E-state index in [1.807, 2.05) is 43.6 Å². The van der Waals surface area contributed by atoms with Crippen molar-refractivity contribution in [2.45, 2.75) is 117 Å². The summed E-state index contributed by atoms with van der Waals surface area (Å²) in [6, 6.07) is 17.0. The highest BCUT2D eigenvalue weighted by molar-refractivity contribution is 7.19. The lowest BCUT2D eigenvalue weighted by atomic mass is 9.95. The van der Waals surface area contributed by atoms with E-state index in [2.05, 4.69) is 60.9 Å². The molecule has 2 aromatic carbocycles. The topological polar surface area (TPSA) is 67.0 Å². The van der Waals surface area contributed by atoms with Gasteiger partial charge in [0.05, 0.1) is 31.5 Å². The second-order valence-corrected chi connectivity index (χ2v) is 17.9.